The number of hydrogen-bond donors (Lipinski definition) is 1. The van der Waals surface area contributed by atoms with Gasteiger partial charge in [-0.3, -0.25) is 14.1 Å². The molecule has 24 heavy (non-hydrogen) atoms. The van der Waals surface area contributed by atoms with Crippen molar-refractivity contribution >= 4 is 21.6 Å². The summed E-state index contributed by atoms with van der Waals surface area (Å²) in [5.74, 6) is -0.193. The summed E-state index contributed by atoms with van der Waals surface area (Å²) in [6, 6.07) is 12.0. The van der Waals surface area contributed by atoms with Crippen molar-refractivity contribution in [3.8, 4) is 0 Å². The van der Waals surface area contributed by atoms with Crippen LogP contribution in [0.2, 0.25) is 0 Å². The molecule has 0 radical (unpaired) electrons. The maximum absolute atomic E-state index is 12.2. The molecule has 2 rings (SSSR count). The molecule has 0 aliphatic carbocycles. The van der Waals surface area contributed by atoms with Crippen LogP contribution in [0.15, 0.2) is 48.7 Å². The van der Waals surface area contributed by atoms with Crippen LogP contribution in [0, 0.1) is 0 Å². The third-order valence-corrected chi connectivity index (χ3v) is 5.43. The number of pyridine rings is 1. The minimum atomic E-state index is -3.32. The minimum absolute atomic E-state index is 0.0349. The van der Waals surface area contributed by atoms with Crippen molar-refractivity contribution in [3.05, 3.63) is 59.9 Å². The molecule has 128 valence electrons. The number of carbonyl (C=O) groups excluding carboxylic acids is 1. The molecule has 0 aliphatic rings. The molecule has 0 saturated heterocycles. The predicted molar refractivity (Wildman–Crippen MR) is 94.3 cm³/mol. The number of benzene rings is 1. The van der Waals surface area contributed by atoms with E-state index >= 15 is 0 Å². The molecule has 6 nitrogen and oxygen atoms in total. The van der Waals surface area contributed by atoms with Gasteiger partial charge in [0.1, 0.15) is 0 Å². The Morgan fingerprint density at radius 1 is 1.12 bits per heavy atom. The molecule has 2 aromatic rings. The molecule has 0 unspecified atom stereocenters. The minimum Gasteiger partial charge on any atom is -0.346 e. The zero-order chi connectivity index (χ0) is 17.6. The van der Waals surface area contributed by atoms with Crippen LogP contribution in [0.1, 0.15) is 29.9 Å². The smallest absolute Gasteiger partial charge is 0.251 e. The summed E-state index contributed by atoms with van der Waals surface area (Å²) in [4.78, 5) is 16.3. The highest BCUT2D eigenvalue weighted by molar-refractivity contribution is 7.92. The van der Waals surface area contributed by atoms with Gasteiger partial charge in [0.2, 0.25) is 10.0 Å². The Morgan fingerprint density at radius 2 is 1.83 bits per heavy atom. The molecule has 1 aromatic heterocycles. The number of aromatic nitrogens is 1. The number of nitrogens with zero attached hydrogens (tertiary/aromatic N) is 2. The van der Waals surface area contributed by atoms with E-state index < -0.39 is 10.0 Å². The Hall–Kier alpha value is -2.41. The molecule has 0 bridgehead atoms. The second-order valence-electron chi connectivity index (χ2n) is 5.12. The number of carbonyl (C=O) groups is 1. The largest absolute Gasteiger partial charge is 0.346 e. The maximum Gasteiger partial charge on any atom is 0.251 e. The van der Waals surface area contributed by atoms with Gasteiger partial charge in [-0.25, -0.2) is 8.42 Å². The molecule has 0 spiro atoms. The second-order valence-corrected chi connectivity index (χ2v) is 7.30. The summed E-state index contributed by atoms with van der Waals surface area (Å²) in [6.07, 6.45) is 1.67. The molecule has 7 heteroatoms. The van der Waals surface area contributed by atoms with Gasteiger partial charge in [-0.1, -0.05) is 6.07 Å². The highest BCUT2D eigenvalue weighted by atomic mass is 32.2. The summed E-state index contributed by atoms with van der Waals surface area (Å²) in [7, 11) is -3.32. The lowest BCUT2D eigenvalue weighted by molar-refractivity contribution is 0.0950. The number of rotatable bonds is 7. The number of amides is 1. The highest BCUT2D eigenvalue weighted by Crippen LogP contribution is 2.19. The van der Waals surface area contributed by atoms with E-state index in [1.165, 1.54) is 4.31 Å². The third kappa shape index (κ3) is 4.32. The fraction of sp³-hybridized carbons (Fsp3) is 0.294. The summed E-state index contributed by atoms with van der Waals surface area (Å²) in [6.45, 7) is 4.08. The molecule has 0 aliphatic heterocycles. The van der Waals surface area contributed by atoms with Gasteiger partial charge in [0.25, 0.3) is 5.91 Å². The van der Waals surface area contributed by atoms with Crippen molar-refractivity contribution in [2.75, 3.05) is 16.6 Å². The highest BCUT2D eigenvalue weighted by Gasteiger charge is 2.18. The van der Waals surface area contributed by atoms with Gasteiger partial charge in [0.05, 0.1) is 23.7 Å². The van der Waals surface area contributed by atoms with E-state index in [1.807, 2.05) is 18.2 Å². The van der Waals surface area contributed by atoms with E-state index in [2.05, 4.69) is 10.3 Å². The average Bonchev–Trinajstić information content (AvgIpc) is 2.61. The molecule has 0 saturated carbocycles. The molecular weight excluding hydrogens is 326 g/mol. The number of sulfonamides is 1. The lowest BCUT2D eigenvalue weighted by Crippen LogP contribution is -2.32. The quantitative estimate of drug-likeness (QED) is 0.833. The van der Waals surface area contributed by atoms with E-state index in [0.29, 0.717) is 24.3 Å². The van der Waals surface area contributed by atoms with E-state index in [-0.39, 0.29) is 11.7 Å². The molecular formula is C17H21N3O3S. The predicted octanol–water partition coefficient (Wildman–Crippen LogP) is 2.19. The second kappa shape index (κ2) is 7.92. The first kappa shape index (κ1) is 17.9. The van der Waals surface area contributed by atoms with Crippen LogP contribution in [-0.2, 0) is 16.6 Å². The van der Waals surface area contributed by atoms with Crippen LogP contribution < -0.4 is 9.62 Å². The van der Waals surface area contributed by atoms with Gasteiger partial charge >= 0.3 is 0 Å². The van der Waals surface area contributed by atoms with Crippen LogP contribution in [-0.4, -0.2) is 31.6 Å². The van der Waals surface area contributed by atoms with Gasteiger partial charge in [-0.2, -0.15) is 0 Å². The first-order valence-electron chi connectivity index (χ1n) is 7.76. The van der Waals surface area contributed by atoms with E-state index in [4.69, 9.17) is 0 Å². The third-order valence-electron chi connectivity index (χ3n) is 3.56. The maximum atomic E-state index is 12.2. The van der Waals surface area contributed by atoms with Crippen LogP contribution in [0.5, 0.6) is 0 Å². The number of nitrogens with one attached hydrogen (secondary N) is 1. The van der Waals surface area contributed by atoms with Crippen LogP contribution in [0.25, 0.3) is 0 Å². The topological polar surface area (TPSA) is 79.4 Å². The Labute approximate surface area is 142 Å². The molecule has 1 amide bonds. The first-order chi connectivity index (χ1) is 11.5. The average molecular weight is 347 g/mol. The fourth-order valence-electron chi connectivity index (χ4n) is 2.25. The number of anilines is 1. The zero-order valence-corrected chi connectivity index (χ0v) is 14.6. The summed E-state index contributed by atoms with van der Waals surface area (Å²) >= 11 is 0. The Balaban J connectivity index is 2.07. The van der Waals surface area contributed by atoms with Gasteiger partial charge in [-0.15, -0.1) is 0 Å². The molecule has 1 heterocycles. The summed E-state index contributed by atoms with van der Waals surface area (Å²) < 4.78 is 25.4. The van der Waals surface area contributed by atoms with Gasteiger partial charge in [-0.05, 0) is 50.2 Å². The van der Waals surface area contributed by atoms with Crippen molar-refractivity contribution in [1.82, 2.24) is 10.3 Å². The Kier molecular flexibility index (Phi) is 5.92. The fourth-order valence-corrected chi connectivity index (χ4v) is 3.40. The Bertz CT molecular complexity index is 774. The molecule has 0 fully saturated rings. The van der Waals surface area contributed by atoms with Crippen molar-refractivity contribution < 1.29 is 13.2 Å². The van der Waals surface area contributed by atoms with Crippen LogP contribution >= 0.6 is 0 Å². The SMILES string of the molecule is CCN(c1ccc(C(=O)NCc2ccccn2)cc1)S(=O)(=O)CC. The van der Waals surface area contributed by atoms with E-state index in [1.54, 1.807) is 44.3 Å². The van der Waals surface area contributed by atoms with Gasteiger partial charge < -0.3 is 5.32 Å². The Morgan fingerprint density at radius 3 is 2.38 bits per heavy atom. The van der Waals surface area contributed by atoms with E-state index in [9.17, 15) is 13.2 Å². The van der Waals surface area contributed by atoms with Crippen molar-refractivity contribution in [2.45, 2.75) is 20.4 Å². The van der Waals surface area contributed by atoms with Crippen molar-refractivity contribution in [3.63, 3.8) is 0 Å². The first-order valence-corrected chi connectivity index (χ1v) is 9.37. The normalized spacial score (nSPS) is 11.1. The number of hydrogen-bond acceptors (Lipinski definition) is 4. The lowest BCUT2D eigenvalue weighted by atomic mass is 10.2. The molecule has 1 aromatic carbocycles. The zero-order valence-electron chi connectivity index (χ0n) is 13.8. The lowest BCUT2D eigenvalue weighted by Gasteiger charge is -2.22. The molecule has 1 N–H and O–H groups in total. The van der Waals surface area contributed by atoms with Crippen LogP contribution in [0.4, 0.5) is 5.69 Å². The van der Waals surface area contributed by atoms with E-state index in [0.717, 1.165) is 5.69 Å². The monoisotopic (exact) mass is 347 g/mol. The standard InChI is InChI=1S/C17H21N3O3S/c1-3-20(24(22,23)4-2)16-10-8-14(9-11-16)17(21)19-13-15-7-5-6-12-18-15/h5-12H,3-4,13H2,1-2H3,(H,19,21). The summed E-state index contributed by atoms with van der Waals surface area (Å²) in [5.41, 5.74) is 1.80. The summed E-state index contributed by atoms with van der Waals surface area (Å²) in [5, 5.41) is 2.79. The van der Waals surface area contributed by atoms with Gasteiger partial charge in [0.15, 0.2) is 0 Å². The van der Waals surface area contributed by atoms with Crippen molar-refractivity contribution in [2.24, 2.45) is 0 Å². The van der Waals surface area contributed by atoms with Gasteiger partial charge in [0, 0.05) is 18.3 Å². The van der Waals surface area contributed by atoms with Crippen LogP contribution in [0.3, 0.4) is 0 Å². The van der Waals surface area contributed by atoms with Crippen molar-refractivity contribution in [1.29, 1.82) is 0 Å². The molecule has 0 atom stereocenters.